The maximum Gasteiger partial charge on any atom is 0.224 e. The maximum atomic E-state index is 12.1. The van der Waals surface area contributed by atoms with Crippen molar-refractivity contribution in [2.75, 3.05) is 10.6 Å². The zero-order valence-electron chi connectivity index (χ0n) is 16.0. The minimum Gasteiger partial charge on any atom is -0.350 e. The smallest absolute Gasteiger partial charge is 0.224 e. The van der Waals surface area contributed by atoms with E-state index < -0.39 is 0 Å². The summed E-state index contributed by atoms with van der Waals surface area (Å²) < 4.78 is 0. The number of rotatable bonds is 5. The average molecular weight is 375 g/mol. The van der Waals surface area contributed by atoms with Crippen molar-refractivity contribution >= 4 is 34.0 Å². The van der Waals surface area contributed by atoms with Gasteiger partial charge in [0.15, 0.2) is 5.78 Å². The Hall–Kier alpha value is -2.99. The second-order valence-corrected chi connectivity index (χ2v) is 7.40. The molecule has 0 amide bonds. The largest absolute Gasteiger partial charge is 0.350 e. The van der Waals surface area contributed by atoms with E-state index in [2.05, 4.69) is 32.7 Å². The minimum atomic E-state index is -0.0794. The number of carbonyl (C=O) groups excluding carboxylic acids is 1. The normalized spacial score (nSPS) is 19.4. The molecule has 1 fully saturated rings. The molecule has 28 heavy (non-hydrogen) atoms. The second kappa shape index (κ2) is 7.94. The number of ketones is 1. The average Bonchev–Trinajstić information content (AvgIpc) is 2.70. The number of nitrogens with zero attached hydrogens (tertiary/aromatic N) is 2. The van der Waals surface area contributed by atoms with E-state index in [1.165, 1.54) is 6.92 Å². The number of nitrogens with two attached hydrogens (primary N) is 1. The summed E-state index contributed by atoms with van der Waals surface area (Å²) in [7, 11) is 0. The highest BCUT2D eigenvalue weighted by atomic mass is 16.1. The van der Waals surface area contributed by atoms with Gasteiger partial charge in [0.2, 0.25) is 5.95 Å². The predicted octanol–water partition coefficient (Wildman–Crippen LogP) is 4.26. The molecule has 0 radical (unpaired) electrons. The highest BCUT2D eigenvalue weighted by Crippen LogP contribution is 2.25. The Bertz CT molecular complexity index is 1000. The first-order chi connectivity index (χ1) is 13.6. The minimum absolute atomic E-state index is 0.0794. The van der Waals surface area contributed by atoms with Crippen LogP contribution in [0.15, 0.2) is 48.7 Å². The third kappa shape index (κ3) is 3.97. The fourth-order valence-corrected chi connectivity index (χ4v) is 3.71. The first-order valence-corrected chi connectivity index (χ1v) is 9.76. The molecule has 0 spiro atoms. The van der Waals surface area contributed by atoms with Crippen LogP contribution < -0.4 is 16.4 Å². The summed E-state index contributed by atoms with van der Waals surface area (Å²) in [6.07, 6.45) is 5.91. The first kappa shape index (κ1) is 18.4. The summed E-state index contributed by atoms with van der Waals surface area (Å²) in [6, 6.07) is 14.5. The molecule has 4 rings (SSSR count). The lowest BCUT2D eigenvalue weighted by atomic mass is 9.91. The molecule has 2 atom stereocenters. The second-order valence-electron chi connectivity index (χ2n) is 7.40. The fourth-order valence-electron chi connectivity index (χ4n) is 3.71. The molecular weight excluding hydrogens is 350 g/mol. The van der Waals surface area contributed by atoms with Gasteiger partial charge in [0, 0.05) is 24.0 Å². The van der Waals surface area contributed by atoms with Crippen LogP contribution in [0.25, 0.3) is 10.8 Å². The van der Waals surface area contributed by atoms with E-state index in [1.54, 1.807) is 6.20 Å². The Balaban J connectivity index is 1.62. The van der Waals surface area contributed by atoms with E-state index in [-0.39, 0.29) is 17.9 Å². The molecule has 0 unspecified atom stereocenters. The molecule has 1 aliphatic carbocycles. The third-order valence-corrected chi connectivity index (χ3v) is 5.31. The highest BCUT2D eigenvalue weighted by molar-refractivity contribution is 5.99. The van der Waals surface area contributed by atoms with Gasteiger partial charge < -0.3 is 16.4 Å². The van der Waals surface area contributed by atoms with E-state index in [9.17, 15) is 4.79 Å². The molecule has 0 bridgehead atoms. The molecule has 6 heteroatoms. The summed E-state index contributed by atoms with van der Waals surface area (Å²) in [5.74, 6) is 0.921. The van der Waals surface area contributed by atoms with Crippen LogP contribution in [0.2, 0.25) is 0 Å². The number of Topliss-reactive ketones (excluding diaryl/α,β-unsaturated/α-hetero) is 1. The van der Waals surface area contributed by atoms with Gasteiger partial charge in [-0.15, -0.1) is 0 Å². The van der Waals surface area contributed by atoms with Gasteiger partial charge in [-0.05, 0) is 42.7 Å². The van der Waals surface area contributed by atoms with Crippen molar-refractivity contribution in [2.45, 2.75) is 44.7 Å². The first-order valence-electron chi connectivity index (χ1n) is 9.76. The number of aromatic nitrogens is 2. The van der Waals surface area contributed by atoms with Crippen LogP contribution in [0.4, 0.5) is 17.5 Å². The summed E-state index contributed by atoms with van der Waals surface area (Å²) in [4.78, 5) is 21.0. The van der Waals surface area contributed by atoms with Crippen molar-refractivity contribution in [3.8, 4) is 0 Å². The molecule has 0 saturated heterocycles. The topological polar surface area (TPSA) is 92.9 Å². The predicted molar refractivity (Wildman–Crippen MR) is 113 cm³/mol. The molecule has 3 aromatic rings. The highest BCUT2D eigenvalue weighted by Gasteiger charge is 2.23. The SMILES string of the molecule is CC(=O)c1cnc(N[C@@H]2CCCC[C@@H]2N)nc1Nc1ccc2ccccc2c1. The Labute approximate surface area is 164 Å². The Kier molecular flexibility index (Phi) is 5.21. The van der Waals surface area contributed by atoms with Crippen LogP contribution in [-0.2, 0) is 0 Å². The van der Waals surface area contributed by atoms with Crippen LogP contribution in [0.3, 0.4) is 0 Å². The molecule has 2 aromatic carbocycles. The molecule has 4 N–H and O–H groups in total. The van der Waals surface area contributed by atoms with E-state index in [1.807, 2.05) is 30.3 Å². The van der Waals surface area contributed by atoms with Crippen LogP contribution in [0.5, 0.6) is 0 Å². The molecule has 6 nitrogen and oxygen atoms in total. The van der Waals surface area contributed by atoms with Crippen LogP contribution in [-0.4, -0.2) is 27.8 Å². The molecule has 1 aromatic heterocycles. The summed E-state index contributed by atoms with van der Waals surface area (Å²) in [5.41, 5.74) is 7.57. The molecule has 144 valence electrons. The number of fused-ring (bicyclic) bond motifs is 1. The standard InChI is InChI=1S/C22H25N5O/c1-14(28)18-13-24-22(26-20-9-5-4-8-19(20)23)27-21(18)25-17-11-10-15-6-2-3-7-16(15)12-17/h2-3,6-7,10-13,19-20H,4-5,8-9,23H2,1H3,(H2,24,25,26,27)/t19-,20+/m0/s1. The van der Waals surface area contributed by atoms with Crippen molar-refractivity contribution < 1.29 is 4.79 Å². The molecule has 1 saturated carbocycles. The van der Waals surface area contributed by atoms with Crippen molar-refractivity contribution in [1.29, 1.82) is 0 Å². The summed E-state index contributed by atoms with van der Waals surface area (Å²) in [5, 5.41) is 8.93. The van der Waals surface area contributed by atoms with E-state index >= 15 is 0 Å². The van der Waals surface area contributed by atoms with Crippen LogP contribution in [0.1, 0.15) is 43.0 Å². The van der Waals surface area contributed by atoms with Gasteiger partial charge in [-0.25, -0.2) is 4.98 Å². The van der Waals surface area contributed by atoms with Crippen LogP contribution >= 0.6 is 0 Å². The number of nitrogens with one attached hydrogen (secondary N) is 2. The number of hydrogen-bond donors (Lipinski definition) is 3. The lowest BCUT2D eigenvalue weighted by Gasteiger charge is -2.29. The number of hydrogen-bond acceptors (Lipinski definition) is 6. The van der Waals surface area contributed by atoms with Gasteiger partial charge in [-0.2, -0.15) is 4.98 Å². The lowest BCUT2D eigenvalue weighted by molar-refractivity contribution is 0.101. The fraction of sp³-hybridized carbons (Fsp3) is 0.318. The number of benzene rings is 2. The molecule has 1 heterocycles. The van der Waals surface area contributed by atoms with Crippen LogP contribution in [0, 0.1) is 0 Å². The van der Waals surface area contributed by atoms with Gasteiger partial charge in [-0.1, -0.05) is 43.2 Å². The molecule has 0 aliphatic heterocycles. The molecule has 1 aliphatic rings. The Morgan fingerprint density at radius 1 is 1.11 bits per heavy atom. The Morgan fingerprint density at radius 3 is 2.68 bits per heavy atom. The third-order valence-electron chi connectivity index (χ3n) is 5.31. The summed E-state index contributed by atoms with van der Waals surface area (Å²) in [6.45, 7) is 1.52. The van der Waals surface area contributed by atoms with E-state index in [0.717, 1.165) is 42.1 Å². The van der Waals surface area contributed by atoms with E-state index in [4.69, 9.17) is 5.73 Å². The van der Waals surface area contributed by atoms with Gasteiger partial charge in [0.1, 0.15) is 5.82 Å². The monoisotopic (exact) mass is 375 g/mol. The van der Waals surface area contributed by atoms with Gasteiger partial charge in [0.25, 0.3) is 0 Å². The zero-order chi connectivity index (χ0) is 19.5. The maximum absolute atomic E-state index is 12.1. The lowest BCUT2D eigenvalue weighted by Crippen LogP contribution is -2.43. The van der Waals surface area contributed by atoms with Crippen molar-refractivity contribution in [2.24, 2.45) is 5.73 Å². The quantitative estimate of drug-likeness (QED) is 0.577. The van der Waals surface area contributed by atoms with Gasteiger partial charge in [-0.3, -0.25) is 4.79 Å². The van der Waals surface area contributed by atoms with E-state index in [0.29, 0.717) is 17.3 Å². The van der Waals surface area contributed by atoms with Crippen molar-refractivity contribution in [3.63, 3.8) is 0 Å². The Morgan fingerprint density at radius 2 is 1.89 bits per heavy atom. The number of carbonyl (C=O) groups is 1. The zero-order valence-corrected chi connectivity index (χ0v) is 16.0. The van der Waals surface area contributed by atoms with Crippen molar-refractivity contribution in [1.82, 2.24) is 9.97 Å². The van der Waals surface area contributed by atoms with Gasteiger partial charge >= 0.3 is 0 Å². The van der Waals surface area contributed by atoms with Crippen molar-refractivity contribution in [3.05, 3.63) is 54.2 Å². The molecular formula is C22H25N5O. The van der Waals surface area contributed by atoms with Gasteiger partial charge in [0.05, 0.1) is 5.56 Å². The number of anilines is 3. The summed E-state index contributed by atoms with van der Waals surface area (Å²) >= 11 is 0.